The highest BCUT2D eigenvalue weighted by Gasteiger charge is 2.41. The predicted octanol–water partition coefficient (Wildman–Crippen LogP) is 2.73. The third-order valence-corrected chi connectivity index (χ3v) is 5.78. The standard InChI is InChI=1S/C19H23N5/c1-2-8-20-14(5-1)13-24-15-6-7-18(24)16-12-21-19(22-17(16)11-15)23-9-3-4-10-23/h1-2,5,8,12,15,18H,3-4,6-7,9-11,13H2/t15-,18-/m1/s1. The van der Waals surface area contributed by atoms with Crippen molar-refractivity contribution >= 4 is 5.95 Å². The fraction of sp³-hybridized carbons (Fsp3) is 0.526. The molecule has 5 nitrogen and oxygen atoms in total. The summed E-state index contributed by atoms with van der Waals surface area (Å²) < 4.78 is 0. The fourth-order valence-corrected chi connectivity index (χ4v) is 4.56. The molecule has 2 bridgehead atoms. The quantitative estimate of drug-likeness (QED) is 0.870. The van der Waals surface area contributed by atoms with Crippen LogP contribution in [-0.2, 0) is 13.0 Å². The molecule has 0 radical (unpaired) electrons. The molecule has 0 amide bonds. The number of fused-ring (bicyclic) bond motifs is 4. The van der Waals surface area contributed by atoms with Gasteiger partial charge in [-0.15, -0.1) is 0 Å². The zero-order valence-electron chi connectivity index (χ0n) is 13.9. The van der Waals surface area contributed by atoms with E-state index in [2.05, 4.69) is 33.1 Å². The molecule has 0 saturated carbocycles. The molecule has 0 spiro atoms. The topological polar surface area (TPSA) is 45.2 Å². The zero-order chi connectivity index (χ0) is 15.9. The summed E-state index contributed by atoms with van der Waals surface area (Å²) in [6.45, 7) is 3.15. The number of aromatic nitrogens is 3. The molecule has 5 rings (SSSR count). The first-order valence-electron chi connectivity index (χ1n) is 9.15. The summed E-state index contributed by atoms with van der Waals surface area (Å²) in [5.74, 6) is 0.948. The van der Waals surface area contributed by atoms with Crippen molar-refractivity contribution in [2.75, 3.05) is 18.0 Å². The Bertz CT molecular complexity index is 726. The van der Waals surface area contributed by atoms with Gasteiger partial charge in [-0.05, 0) is 37.8 Å². The van der Waals surface area contributed by atoms with E-state index in [1.54, 1.807) is 0 Å². The van der Waals surface area contributed by atoms with Gasteiger partial charge in [-0.1, -0.05) is 6.07 Å². The minimum absolute atomic E-state index is 0.466. The molecular formula is C19H23N5. The fourth-order valence-electron chi connectivity index (χ4n) is 4.56. The van der Waals surface area contributed by atoms with Gasteiger partial charge in [0.2, 0.25) is 5.95 Å². The van der Waals surface area contributed by atoms with Gasteiger partial charge in [-0.2, -0.15) is 0 Å². The van der Waals surface area contributed by atoms with Crippen molar-refractivity contribution in [2.45, 2.75) is 50.7 Å². The third-order valence-electron chi connectivity index (χ3n) is 5.78. The molecule has 0 aromatic carbocycles. The van der Waals surface area contributed by atoms with Gasteiger partial charge in [0.25, 0.3) is 0 Å². The molecule has 2 atom stereocenters. The lowest BCUT2D eigenvalue weighted by Crippen LogP contribution is -2.38. The van der Waals surface area contributed by atoms with Gasteiger partial charge in [0.05, 0.1) is 11.4 Å². The molecule has 24 heavy (non-hydrogen) atoms. The van der Waals surface area contributed by atoms with Crippen LogP contribution in [0.2, 0.25) is 0 Å². The van der Waals surface area contributed by atoms with Crippen molar-refractivity contribution < 1.29 is 0 Å². The molecule has 2 saturated heterocycles. The summed E-state index contributed by atoms with van der Waals surface area (Å²) in [6, 6.07) is 7.26. The van der Waals surface area contributed by atoms with Crippen LogP contribution in [0.1, 0.15) is 48.7 Å². The minimum Gasteiger partial charge on any atom is -0.341 e. The first kappa shape index (κ1) is 14.3. The maximum absolute atomic E-state index is 4.95. The van der Waals surface area contributed by atoms with Crippen molar-refractivity contribution in [1.82, 2.24) is 19.9 Å². The number of hydrogen-bond acceptors (Lipinski definition) is 5. The number of anilines is 1. The average Bonchev–Trinajstić information content (AvgIpc) is 3.24. The lowest BCUT2D eigenvalue weighted by molar-refractivity contribution is 0.164. The van der Waals surface area contributed by atoms with E-state index < -0.39 is 0 Å². The summed E-state index contributed by atoms with van der Waals surface area (Å²) in [6.07, 6.45) is 10.1. The van der Waals surface area contributed by atoms with Crippen molar-refractivity contribution in [2.24, 2.45) is 0 Å². The van der Waals surface area contributed by atoms with E-state index >= 15 is 0 Å². The number of nitrogens with zero attached hydrogens (tertiary/aromatic N) is 5. The summed E-state index contributed by atoms with van der Waals surface area (Å²) in [7, 11) is 0. The Kier molecular flexibility index (Phi) is 3.47. The molecule has 0 aliphatic carbocycles. The number of hydrogen-bond donors (Lipinski definition) is 0. The SMILES string of the molecule is c1ccc(CN2[C@@H]3CC[C@@H]2c2cnc(N4CCCC4)nc2C3)nc1. The van der Waals surface area contributed by atoms with Crippen LogP contribution in [0.5, 0.6) is 0 Å². The smallest absolute Gasteiger partial charge is 0.225 e. The second-order valence-electron chi connectivity index (χ2n) is 7.21. The lowest BCUT2D eigenvalue weighted by atomic mass is 9.99. The Morgan fingerprint density at radius 2 is 2.00 bits per heavy atom. The molecule has 2 fully saturated rings. The maximum Gasteiger partial charge on any atom is 0.225 e. The van der Waals surface area contributed by atoms with E-state index in [1.165, 1.54) is 36.9 Å². The first-order chi connectivity index (χ1) is 11.9. The van der Waals surface area contributed by atoms with Gasteiger partial charge in [0, 0.05) is 56.1 Å². The molecule has 5 heteroatoms. The molecule has 2 aromatic heterocycles. The normalized spacial score (nSPS) is 25.9. The van der Waals surface area contributed by atoms with Crippen LogP contribution < -0.4 is 4.90 Å². The Balaban J connectivity index is 1.42. The molecule has 2 aromatic rings. The highest BCUT2D eigenvalue weighted by Crippen LogP contribution is 2.43. The molecule has 0 unspecified atom stereocenters. The summed E-state index contributed by atoms with van der Waals surface area (Å²) in [4.78, 5) is 19.1. The van der Waals surface area contributed by atoms with Crippen LogP contribution in [0.25, 0.3) is 0 Å². The largest absolute Gasteiger partial charge is 0.341 e. The van der Waals surface area contributed by atoms with Crippen molar-refractivity contribution in [3.8, 4) is 0 Å². The summed E-state index contributed by atoms with van der Waals surface area (Å²) in [5, 5.41) is 0. The Hall–Kier alpha value is -2.01. The van der Waals surface area contributed by atoms with E-state index in [9.17, 15) is 0 Å². The van der Waals surface area contributed by atoms with Gasteiger partial charge in [0.1, 0.15) is 0 Å². The second kappa shape index (κ2) is 5.81. The lowest BCUT2D eigenvalue weighted by Gasteiger charge is -2.35. The van der Waals surface area contributed by atoms with Crippen molar-refractivity contribution in [1.29, 1.82) is 0 Å². The van der Waals surface area contributed by atoms with Gasteiger partial charge in [-0.3, -0.25) is 9.88 Å². The molecule has 3 aliphatic heterocycles. The monoisotopic (exact) mass is 321 g/mol. The van der Waals surface area contributed by atoms with Crippen LogP contribution in [-0.4, -0.2) is 39.0 Å². The highest BCUT2D eigenvalue weighted by atomic mass is 15.3. The number of pyridine rings is 1. The van der Waals surface area contributed by atoms with Crippen LogP contribution in [0, 0.1) is 0 Å². The number of rotatable bonds is 3. The molecule has 124 valence electrons. The van der Waals surface area contributed by atoms with Crippen LogP contribution in [0.3, 0.4) is 0 Å². The van der Waals surface area contributed by atoms with Crippen LogP contribution in [0.15, 0.2) is 30.6 Å². The maximum atomic E-state index is 4.95. The molecule has 0 N–H and O–H groups in total. The Morgan fingerprint density at radius 3 is 2.83 bits per heavy atom. The summed E-state index contributed by atoms with van der Waals surface area (Å²) >= 11 is 0. The Labute approximate surface area is 142 Å². The second-order valence-corrected chi connectivity index (χ2v) is 7.21. The van der Waals surface area contributed by atoms with Gasteiger partial charge in [-0.25, -0.2) is 9.97 Å². The molecule has 5 heterocycles. The van der Waals surface area contributed by atoms with E-state index in [1.807, 2.05) is 12.3 Å². The van der Waals surface area contributed by atoms with Crippen molar-refractivity contribution in [3.63, 3.8) is 0 Å². The molecular weight excluding hydrogens is 298 g/mol. The highest BCUT2D eigenvalue weighted by molar-refractivity contribution is 5.38. The molecule has 3 aliphatic rings. The van der Waals surface area contributed by atoms with E-state index in [-0.39, 0.29) is 0 Å². The van der Waals surface area contributed by atoms with Crippen LogP contribution in [0.4, 0.5) is 5.95 Å². The van der Waals surface area contributed by atoms with Gasteiger partial charge >= 0.3 is 0 Å². The van der Waals surface area contributed by atoms with Gasteiger partial charge < -0.3 is 4.90 Å². The van der Waals surface area contributed by atoms with E-state index in [4.69, 9.17) is 9.97 Å². The predicted molar refractivity (Wildman–Crippen MR) is 92.7 cm³/mol. The van der Waals surface area contributed by atoms with E-state index in [0.717, 1.165) is 37.7 Å². The Morgan fingerprint density at radius 1 is 1.08 bits per heavy atom. The first-order valence-corrected chi connectivity index (χ1v) is 9.15. The third kappa shape index (κ3) is 2.38. The van der Waals surface area contributed by atoms with E-state index in [0.29, 0.717) is 12.1 Å². The zero-order valence-corrected chi connectivity index (χ0v) is 13.9. The minimum atomic E-state index is 0.466. The average molecular weight is 321 g/mol. The summed E-state index contributed by atoms with van der Waals surface area (Å²) in [5.41, 5.74) is 3.80. The van der Waals surface area contributed by atoms with Gasteiger partial charge in [0.15, 0.2) is 0 Å². The van der Waals surface area contributed by atoms with Crippen molar-refractivity contribution in [3.05, 3.63) is 47.5 Å². The van der Waals surface area contributed by atoms with Crippen LogP contribution >= 0.6 is 0 Å².